The van der Waals surface area contributed by atoms with Gasteiger partial charge < -0.3 is 16.0 Å². The number of anilines is 3. The Morgan fingerprint density at radius 2 is 1.25 bits per heavy atom. The molecule has 5 nitrogen and oxygen atoms in total. The first-order valence-corrected chi connectivity index (χ1v) is 9.48. The summed E-state index contributed by atoms with van der Waals surface area (Å²) in [5.74, 6) is -0.262. The molecule has 3 rings (SSSR count). The second-order valence-electron chi connectivity index (χ2n) is 5.81. The molecule has 3 amide bonds. The van der Waals surface area contributed by atoms with Crippen LogP contribution in [0.3, 0.4) is 0 Å². The number of benzene rings is 3. The second kappa shape index (κ2) is 9.57. The minimum Gasteiger partial charge on any atom is -0.325 e. The number of hydrogen-bond acceptors (Lipinski definition) is 3. The van der Waals surface area contributed by atoms with E-state index in [1.807, 2.05) is 18.2 Å². The Hall–Kier alpha value is -3.32. The summed E-state index contributed by atoms with van der Waals surface area (Å²) in [4.78, 5) is 24.8. The lowest BCUT2D eigenvalue weighted by molar-refractivity contribution is -0.113. The van der Waals surface area contributed by atoms with Gasteiger partial charge in [-0.3, -0.25) is 4.79 Å². The van der Waals surface area contributed by atoms with Crippen molar-refractivity contribution in [1.82, 2.24) is 0 Å². The van der Waals surface area contributed by atoms with E-state index in [2.05, 4.69) is 16.0 Å². The Morgan fingerprint density at radius 3 is 1.86 bits per heavy atom. The maximum Gasteiger partial charge on any atom is 0.323 e. The van der Waals surface area contributed by atoms with Crippen LogP contribution >= 0.6 is 11.8 Å². The van der Waals surface area contributed by atoms with Crippen molar-refractivity contribution in [2.45, 2.75) is 4.90 Å². The lowest BCUT2D eigenvalue weighted by Gasteiger charge is -2.09. The molecule has 0 aliphatic carbocycles. The van der Waals surface area contributed by atoms with Crippen molar-refractivity contribution in [3.63, 3.8) is 0 Å². The number of hydrogen-bond donors (Lipinski definition) is 3. The van der Waals surface area contributed by atoms with Gasteiger partial charge in [0, 0.05) is 22.0 Å². The number of nitrogens with one attached hydrogen (secondary N) is 3. The zero-order valence-electron chi connectivity index (χ0n) is 14.8. The van der Waals surface area contributed by atoms with Crippen LogP contribution in [-0.2, 0) is 4.79 Å². The number of rotatable bonds is 6. The van der Waals surface area contributed by atoms with Crippen LogP contribution < -0.4 is 16.0 Å². The topological polar surface area (TPSA) is 70.2 Å². The molecule has 0 bridgehead atoms. The molecular weight excluding hydrogens is 377 g/mol. The van der Waals surface area contributed by atoms with Gasteiger partial charge in [-0.1, -0.05) is 18.2 Å². The molecule has 0 aromatic heterocycles. The molecule has 28 heavy (non-hydrogen) atoms. The van der Waals surface area contributed by atoms with Crippen molar-refractivity contribution in [3.8, 4) is 0 Å². The third-order valence-corrected chi connectivity index (χ3v) is 4.65. The first kappa shape index (κ1) is 19.4. The van der Waals surface area contributed by atoms with E-state index in [4.69, 9.17) is 0 Å². The van der Waals surface area contributed by atoms with Gasteiger partial charge in [-0.2, -0.15) is 0 Å². The Bertz CT molecular complexity index is 932. The molecule has 0 aliphatic rings. The summed E-state index contributed by atoms with van der Waals surface area (Å²) in [5, 5.41) is 8.23. The molecule has 3 aromatic carbocycles. The third-order valence-electron chi connectivity index (χ3n) is 3.64. The maximum absolute atomic E-state index is 12.9. The highest BCUT2D eigenvalue weighted by molar-refractivity contribution is 8.00. The number of para-hydroxylation sites is 1. The van der Waals surface area contributed by atoms with Crippen LogP contribution in [0.25, 0.3) is 0 Å². The van der Waals surface area contributed by atoms with Gasteiger partial charge in [-0.25, -0.2) is 9.18 Å². The molecule has 0 saturated heterocycles. The fraction of sp³-hybridized carbons (Fsp3) is 0.0476. The molecule has 0 atom stereocenters. The number of carbonyl (C=O) groups excluding carboxylic acids is 2. The Balaban J connectivity index is 1.46. The summed E-state index contributed by atoms with van der Waals surface area (Å²) in [5.41, 5.74) is 1.92. The highest BCUT2D eigenvalue weighted by atomic mass is 32.2. The maximum atomic E-state index is 12.9. The summed E-state index contributed by atoms with van der Waals surface area (Å²) in [6.07, 6.45) is 0. The molecule has 3 aromatic rings. The predicted molar refractivity (Wildman–Crippen MR) is 111 cm³/mol. The number of amides is 3. The van der Waals surface area contributed by atoms with Gasteiger partial charge in [0.1, 0.15) is 5.82 Å². The average Bonchev–Trinajstić information content (AvgIpc) is 2.70. The van der Waals surface area contributed by atoms with Crippen LogP contribution in [0, 0.1) is 5.82 Å². The molecule has 0 unspecified atom stereocenters. The number of carbonyl (C=O) groups is 2. The van der Waals surface area contributed by atoms with Crippen molar-refractivity contribution in [2.24, 2.45) is 0 Å². The summed E-state index contributed by atoms with van der Waals surface area (Å²) >= 11 is 1.32. The Kier molecular flexibility index (Phi) is 6.64. The lowest BCUT2D eigenvalue weighted by atomic mass is 10.3. The molecule has 0 spiro atoms. The zero-order valence-corrected chi connectivity index (χ0v) is 15.6. The second-order valence-corrected chi connectivity index (χ2v) is 6.86. The van der Waals surface area contributed by atoms with Gasteiger partial charge in [0.25, 0.3) is 0 Å². The van der Waals surface area contributed by atoms with Crippen molar-refractivity contribution in [1.29, 1.82) is 0 Å². The predicted octanol–water partition coefficient (Wildman–Crippen LogP) is 5.20. The first-order valence-electron chi connectivity index (χ1n) is 8.50. The largest absolute Gasteiger partial charge is 0.325 e. The Labute approximate surface area is 166 Å². The van der Waals surface area contributed by atoms with Crippen molar-refractivity contribution >= 4 is 40.8 Å². The summed E-state index contributed by atoms with van der Waals surface area (Å²) in [6.45, 7) is 0. The first-order chi connectivity index (χ1) is 13.6. The normalized spacial score (nSPS) is 10.2. The summed E-state index contributed by atoms with van der Waals surface area (Å²) < 4.78 is 12.9. The molecule has 7 heteroatoms. The monoisotopic (exact) mass is 395 g/mol. The zero-order chi connectivity index (χ0) is 19.8. The summed E-state index contributed by atoms with van der Waals surface area (Å²) in [6, 6.07) is 21.6. The fourth-order valence-corrected chi connectivity index (χ4v) is 3.03. The average molecular weight is 395 g/mol. The molecule has 3 N–H and O–H groups in total. The number of thioether (sulfide) groups is 1. The SMILES string of the molecule is O=C(CSc1ccc(F)cc1)Nc1ccc(NC(=O)Nc2ccccc2)cc1. The van der Waals surface area contributed by atoms with E-state index in [-0.39, 0.29) is 23.5 Å². The highest BCUT2D eigenvalue weighted by Crippen LogP contribution is 2.19. The van der Waals surface area contributed by atoms with E-state index >= 15 is 0 Å². The van der Waals surface area contributed by atoms with Gasteiger partial charge in [-0.15, -0.1) is 11.8 Å². The van der Waals surface area contributed by atoms with Gasteiger partial charge >= 0.3 is 6.03 Å². The van der Waals surface area contributed by atoms with Crippen molar-refractivity contribution in [3.05, 3.63) is 84.7 Å². The van der Waals surface area contributed by atoms with E-state index in [1.54, 1.807) is 48.5 Å². The van der Waals surface area contributed by atoms with Gasteiger partial charge in [0.05, 0.1) is 5.75 Å². The van der Waals surface area contributed by atoms with E-state index in [0.717, 1.165) is 4.90 Å². The molecule has 0 aliphatic heterocycles. The van der Waals surface area contributed by atoms with Crippen LogP contribution in [0.15, 0.2) is 83.8 Å². The van der Waals surface area contributed by atoms with Gasteiger partial charge in [0.15, 0.2) is 0 Å². The summed E-state index contributed by atoms with van der Waals surface area (Å²) in [7, 11) is 0. The highest BCUT2D eigenvalue weighted by Gasteiger charge is 2.06. The molecule has 0 radical (unpaired) electrons. The number of urea groups is 1. The minimum absolute atomic E-state index is 0.170. The quantitative estimate of drug-likeness (QED) is 0.503. The van der Waals surface area contributed by atoms with E-state index in [0.29, 0.717) is 17.1 Å². The smallest absolute Gasteiger partial charge is 0.323 e. The van der Waals surface area contributed by atoms with Crippen LogP contribution in [-0.4, -0.2) is 17.7 Å². The molecule has 0 heterocycles. The van der Waals surface area contributed by atoms with Crippen LogP contribution in [0.5, 0.6) is 0 Å². The fourth-order valence-electron chi connectivity index (χ4n) is 2.33. The van der Waals surface area contributed by atoms with E-state index in [1.165, 1.54) is 23.9 Å². The third kappa shape index (κ3) is 6.14. The van der Waals surface area contributed by atoms with Crippen molar-refractivity contribution in [2.75, 3.05) is 21.7 Å². The van der Waals surface area contributed by atoms with Crippen LogP contribution in [0.1, 0.15) is 0 Å². The van der Waals surface area contributed by atoms with Crippen LogP contribution in [0.4, 0.5) is 26.2 Å². The lowest BCUT2D eigenvalue weighted by Crippen LogP contribution is -2.19. The minimum atomic E-state index is -0.348. The molecule has 142 valence electrons. The Morgan fingerprint density at radius 1 is 0.714 bits per heavy atom. The van der Waals surface area contributed by atoms with Crippen molar-refractivity contribution < 1.29 is 14.0 Å². The van der Waals surface area contributed by atoms with E-state index < -0.39 is 0 Å². The van der Waals surface area contributed by atoms with Crippen LogP contribution in [0.2, 0.25) is 0 Å². The van der Waals surface area contributed by atoms with Gasteiger partial charge in [-0.05, 0) is 60.7 Å². The molecular formula is C21H18FN3O2S. The standard InChI is InChI=1S/C21H18FN3O2S/c22-15-6-12-19(13-7-15)28-14-20(26)23-17-8-10-18(11-9-17)25-21(27)24-16-4-2-1-3-5-16/h1-13H,14H2,(H,23,26)(H2,24,25,27). The van der Waals surface area contributed by atoms with E-state index in [9.17, 15) is 14.0 Å². The molecule has 0 saturated carbocycles. The van der Waals surface area contributed by atoms with Gasteiger partial charge in [0.2, 0.25) is 5.91 Å². The number of halogens is 1. The molecule has 0 fully saturated rings.